The summed E-state index contributed by atoms with van der Waals surface area (Å²) in [6.07, 6.45) is 7.69. The molecule has 0 aliphatic carbocycles. The van der Waals surface area contributed by atoms with Gasteiger partial charge < -0.3 is 14.2 Å². The number of rotatable bonds is 10. The van der Waals surface area contributed by atoms with E-state index in [-0.39, 0.29) is 18.0 Å². The number of epoxide rings is 2. The molecule has 4 nitrogen and oxygen atoms in total. The molecule has 2 heterocycles. The van der Waals surface area contributed by atoms with Crippen LogP contribution in [0.1, 0.15) is 45.4 Å². The van der Waals surface area contributed by atoms with Crippen LogP contribution in [0.4, 0.5) is 0 Å². The van der Waals surface area contributed by atoms with Gasteiger partial charge in [0, 0.05) is 0 Å². The van der Waals surface area contributed by atoms with Crippen molar-refractivity contribution in [2.75, 3.05) is 19.8 Å². The molecule has 3 atom stereocenters. The molecule has 0 N–H and O–H groups in total. The van der Waals surface area contributed by atoms with E-state index in [1.165, 1.54) is 25.7 Å². The quantitative estimate of drug-likeness (QED) is 0.342. The average molecular weight is 256 g/mol. The summed E-state index contributed by atoms with van der Waals surface area (Å²) in [5.74, 6) is -0.0487. The highest BCUT2D eigenvalue weighted by atomic mass is 16.6. The fourth-order valence-electron chi connectivity index (χ4n) is 2.01. The topological polar surface area (TPSA) is 51.4 Å². The van der Waals surface area contributed by atoms with Crippen LogP contribution >= 0.6 is 0 Å². The van der Waals surface area contributed by atoms with E-state index in [1.807, 2.05) is 6.92 Å². The zero-order valence-electron chi connectivity index (χ0n) is 11.2. The number of hydrogen-bond donors (Lipinski definition) is 0. The maximum absolute atomic E-state index is 11.6. The van der Waals surface area contributed by atoms with Crippen LogP contribution in [0.15, 0.2) is 0 Å². The van der Waals surface area contributed by atoms with E-state index < -0.39 is 0 Å². The monoisotopic (exact) mass is 256 g/mol. The Balaban J connectivity index is 1.40. The van der Waals surface area contributed by atoms with E-state index in [9.17, 15) is 4.79 Å². The predicted octanol–water partition coefficient (Wildman–Crippen LogP) is 2.30. The van der Waals surface area contributed by atoms with Crippen molar-refractivity contribution < 1.29 is 19.0 Å². The molecule has 0 spiro atoms. The van der Waals surface area contributed by atoms with Crippen molar-refractivity contribution in [1.82, 2.24) is 0 Å². The van der Waals surface area contributed by atoms with E-state index in [0.29, 0.717) is 12.7 Å². The molecule has 0 aromatic carbocycles. The van der Waals surface area contributed by atoms with Gasteiger partial charge in [0.15, 0.2) is 0 Å². The SMILES string of the molecule is CC(CCCCCCC1CO1)C(=O)OCC1CO1. The summed E-state index contributed by atoms with van der Waals surface area (Å²) < 4.78 is 15.3. The van der Waals surface area contributed by atoms with Crippen molar-refractivity contribution in [3.63, 3.8) is 0 Å². The first-order chi connectivity index (χ1) is 8.75. The fourth-order valence-corrected chi connectivity index (χ4v) is 2.01. The van der Waals surface area contributed by atoms with Gasteiger partial charge in [-0.2, -0.15) is 0 Å². The molecular weight excluding hydrogens is 232 g/mol. The minimum Gasteiger partial charge on any atom is -0.463 e. The smallest absolute Gasteiger partial charge is 0.308 e. The number of esters is 1. The second-order valence-corrected chi connectivity index (χ2v) is 5.43. The summed E-state index contributed by atoms with van der Waals surface area (Å²) in [6, 6.07) is 0. The second-order valence-electron chi connectivity index (χ2n) is 5.43. The van der Waals surface area contributed by atoms with Crippen molar-refractivity contribution in [1.29, 1.82) is 0 Å². The third-order valence-electron chi connectivity index (χ3n) is 3.53. The van der Waals surface area contributed by atoms with Gasteiger partial charge in [0.1, 0.15) is 12.7 Å². The van der Waals surface area contributed by atoms with Gasteiger partial charge in [-0.3, -0.25) is 4.79 Å². The lowest BCUT2D eigenvalue weighted by Gasteiger charge is -2.10. The van der Waals surface area contributed by atoms with Crippen molar-refractivity contribution in [2.24, 2.45) is 5.92 Å². The van der Waals surface area contributed by atoms with Gasteiger partial charge in [-0.1, -0.05) is 32.6 Å². The minimum absolute atomic E-state index is 0.0236. The maximum Gasteiger partial charge on any atom is 0.308 e. The molecular formula is C14H24O4. The van der Waals surface area contributed by atoms with Crippen LogP contribution in [-0.2, 0) is 19.0 Å². The van der Waals surface area contributed by atoms with Crippen LogP contribution in [-0.4, -0.2) is 38.0 Å². The minimum atomic E-state index is -0.0723. The van der Waals surface area contributed by atoms with E-state index in [0.717, 1.165) is 26.1 Å². The van der Waals surface area contributed by atoms with Gasteiger partial charge in [-0.05, 0) is 12.8 Å². The lowest BCUT2D eigenvalue weighted by molar-refractivity contribution is -0.148. The van der Waals surface area contributed by atoms with Crippen LogP contribution < -0.4 is 0 Å². The first-order valence-corrected chi connectivity index (χ1v) is 7.15. The zero-order valence-corrected chi connectivity index (χ0v) is 11.2. The van der Waals surface area contributed by atoms with Gasteiger partial charge >= 0.3 is 5.97 Å². The molecule has 0 aromatic heterocycles. The van der Waals surface area contributed by atoms with E-state index in [2.05, 4.69) is 0 Å². The maximum atomic E-state index is 11.6. The molecule has 0 radical (unpaired) electrons. The van der Waals surface area contributed by atoms with Crippen LogP contribution in [0.5, 0.6) is 0 Å². The van der Waals surface area contributed by atoms with Crippen molar-refractivity contribution in [3.05, 3.63) is 0 Å². The van der Waals surface area contributed by atoms with Crippen LogP contribution in [0.2, 0.25) is 0 Å². The summed E-state index contributed by atoms with van der Waals surface area (Å²) in [5, 5.41) is 0. The predicted molar refractivity (Wildman–Crippen MR) is 67.3 cm³/mol. The first kappa shape index (κ1) is 13.8. The summed E-state index contributed by atoms with van der Waals surface area (Å²) >= 11 is 0. The number of ether oxygens (including phenoxy) is 3. The highest BCUT2D eigenvalue weighted by molar-refractivity contribution is 5.71. The number of hydrogen-bond acceptors (Lipinski definition) is 4. The lowest BCUT2D eigenvalue weighted by atomic mass is 10.0. The summed E-state index contributed by atoms with van der Waals surface area (Å²) in [7, 11) is 0. The van der Waals surface area contributed by atoms with Gasteiger partial charge in [-0.25, -0.2) is 0 Å². The number of unbranched alkanes of at least 4 members (excludes halogenated alkanes) is 3. The Labute approximate surface area is 109 Å². The Kier molecular flexibility index (Phi) is 5.45. The Morgan fingerprint density at radius 1 is 1.17 bits per heavy atom. The molecule has 2 aliphatic heterocycles. The standard InChI is InChI=1S/C14H24O4/c1-11(14(15)18-10-13-9-17-13)6-4-2-3-5-7-12-8-16-12/h11-13H,2-10H2,1H3. The molecule has 0 aromatic rings. The molecule has 0 bridgehead atoms. The lowest BCUT2D eigenvalue weighted by Crippen LogP contribution is -2.17. The van der Waals surface area contributed by atoms with Crippen LogP contribution in [0.3, 0.4) is 0 Å². The van der Waals surface area contributed by atoms with Gasteiger partial charge in [0.25, 0.3) is 0 Å². The van der Waals surface area contributed by atoms with Crippen molar-refractivity contribution in [2.45, 2.75) is 57.7 Å². The summed E-state index contributed by atoms with van der Waals surface area (Å²) in [6.45, 7) is 4.10. The van der Waals surface area contributed by atoms with Gasteiger partial charge in [0.05, 0.1) is 25.2 Å². The largest absolute Gasteiger partial charge is 0.463 e. The molecule has 2 fully saturated rings. The zero-order chi connectivity index (χ0) is 12.8. The van der Waals surface area contributed by atoms with Crippen molar-refractivity contribution >= 4 is 5.97 Å². The Morgan fingerprint density at radius 3 is 2.50 bits per heavy atom. The molecule has 2 rings (SSSR count). The molecule has 2 aliphatic rings. The molecule has 0 amide bonds. The first-order valence-electron chi connectivity index (χ1n) is 7.15. The second kappa shape index (κ2) is 7.10. The molecule has 0 saturated carbocycles. The molecule has 3 unspecified atom stereocenters. The summed E-state index contributed by atoms with van der Waals surface area (Å²) in [4.78, 5) is 11.6. The third kappa shape index (κ3) is 5.83. The molecule has 4 heteroatoms. The van der Waals surface area contributed by atoms with Gasteiger partial charge in [0.2, 0.25) is 0 Å². The molecule has 18 heavy (non-hydrogen) atoms. The fraction of sp³-hybridized carbons (Fsp3) is 0.929. The molecule has 104 valence electrons. The highest BCUT2D eigenvalue weighted by Gasteiger charge is 2.25. The number of carbonyl (C=O) groups is 1. The Morgan fingerprint density at radius 2 is 1.83 bits per heavy atom. The van der Waals surface area contributed by atoms with Crippen molar-refractivity contribution in [3.8, 4) is 0 Å². The van der Waals surface area contributed by atoms with E-state index in [4.69, 9.17) is 14.2 Å². The van der Waals surface area contributed by atoms with E-state index in [1.54, 1.807) is 0 Å². The van der Waals surface area contributed by atoms with E-state index >= 15 is 0 Å². The van der Waals surface area contributed by atoms with Crippen LogP contribution in [0.25, 0.3) is 0 Å². The third-order valence-corrected chi connectivity index (χ3v) is 3.53. The Hall–Kier alpha value is -0.610. The summed E-state index contributed by atoms with van der Waals surface area (Å²) in [5.41, 5.74) is 0. The van der Waals surface area contributed by atoms with Gasteiger partial charge in [-0.15, -0.1) is 0 Å². The average Bonchev–Trinajstić information content (AvgIpc) is 3.24. The molecule has 2 saturated heterocycles. The number of carbonyl (C=O) groups excluding carboxylic acids is 1. The van der Waals surface area contributed by atoms with Crippen LogP contribution in [0, 0.1) is 5.92 Å². The Bertz CT molecular complexity index is 259. The normalized spacial score (nSPS) is 26.7. The highest BCUT2D eigenvalue weighted by Crippen LogP contribution is 2.19.